The fourth-order valence-corrected chi connectivity index (χ4v) is 4.38. The van der Waals surface area contributed by atoms with Crippen molar-refractivity contribution in [2.75, 3.05) is 27.4 Å². The van der Waals surface area contributed by atoms with E-state index in [-0.39, 0.29) is 12.3 Å². The molecule has 7 heteroatoms. The number of fused-ring (bicyclic) bond motifs is 1. The van der Waals surface area contributed by atoms with E-state index in [2.05, 4.69) is 35.5 Å². The van der Waals surface area contributed by atoms with Gasteiger partial charge in [0.1, 0.15) is 11.5 Å². The summed E-state index contributed by atoms with van der Waals surface area (Å²) >= 11 is 1.53. The van der Waals surface area contributed by atoms with E-state index in [0.717, 1.165) is 15.8 Å². The molecule has 0 atom stereocenters. The van der Waals surface area contributed by atoms with Gasteiger partial charge in [0, 0.05) is 24.8 Å². The zero-order valence-corrected chi connectivity index (χ0v) is 19.0. The maximum Gasteiger partial charge on any atom is 0.252 e. The SMILES string of the molecule is CCOCCn1c(=NC(=O)Cc2ccc(OC)cc2OC)sc2cc(C)c(C)cc21. The number of nitrogens with zero attached hydrogens (tertiary/aromatic N) is 2. The summed E-state index contributed by atoms with van der Waals surface area (Å²) in [6, 6.07) is 9.74. The first-order valence-corrected chi connectivity index (χ1v) is 10.7. The molecule has 0 saturated heterocycles. The standard InChI is InChI=1S/C23H28N2O4S/c1-6-29-10-9-25-19-11-15(2)16(3)12-21(19)30-23(25)24-22(26)13-17-7-8-18(27-4)14-20(17)28-5/h7-8,11-12,14H,6,9-10,13H2,1-5H3. The second-order valence-corrected chi connectivity index (χ2v) is 8.01. The van der Waals surface area contributed by atoms with Gasteiger partial charge in [-0.25, -0.2) is 0 Å². The summed E-state index contributed by atoms with van der Waals surface area (Å²) in [7, 11) is 3.18. The molecule has 1 aromatic heterocycles. The van der Waals surface area contributed by atoms with Crippen molar-refractivity contribution in [1.29, 1.82) is 0 Å². The number of amides is 1. The molecule has 3 rings (SSSR count). The quantitative estimate of drug-likeness (QED) is 0.508. The molecule has 0 spiro atoms. The van der Waals surface area contributed by atoms with Gasteiger partial charge < -0.3 is 18.8 Å². The van der Waals surface area contributed by atoms with E-state index in [4.69, 9.17) is 14.2 Å². The topological polar surface area (TPSA) is 62.1 Å². The molecule has 160 valence electrons. The van der Waals surface area contributed by atoms with Gasteiger partial charge in [0.05, 0.1) is 37.5 Å². The minimum Gasteiger partial charge on any atom is -0.497 e. The molecule has 0 saturated carbocycles. The van der Waals surface area contributed by atoms with Crippen LogP contribution in [0.25, 0.3) is 10.2 Å². The highest BCUT2D eigenvalue weighted by atomic mass is 32.1. The number of carbonyl (C=O) groups excluding carboxylic acids is 1. The Morgan fingerprint density at radius 1 is 1.10 bits per heavy atom. The monoisotopic (exact) mass is 428 g/mol. The third-order valence-electron chi connectivity index (χ3n) is 5.02. The summed E-state index contributed by atoms with van der Waals surface area (Å²) in [6.45, 7) is 8.04. The molecule has 0 aliphatic carbocycles. The largest absolute Gasteiger partial charge is 0.497 e. The van der Waals surface area contributed by atoms with Gasteiger partial charge in [-0.1, -0.05) is 17.4 Å². The second kappa shape index (κ2) is 9.91. The molecule has 2 aromatic carbocycles. The van der Waals surface area contributed by atoms with Crippen LogP contribution in [0.5, 0.6) is 11.5 Å². The summed E-state index contributed by atoms with van der Waals surface area (Å²) in [5, 5.41) is 0. The Morgan fingerprint density at radius 3 is 2.57 bits per heavy atom. The lowest BCUT2D eigenvalue weighted by Crippen LogP contribution is -2.20. The van der Waals surface area contributed by atoms with Crippen LogP contribution >= 0.6 is 11.3 Å². The van der Waals surface area contributed by atoms with Gasteiger partial charge in [-0.05, 0) is 50.1 Å². The fourth-order valence-electron chi connectivity index (χ4n) is 3.23. The Labute approximate surface area is 180 Å². The second-order valence-electron chi connectivity index (χ2n) is 7.00. The van der Waals surface area contributed by atoms with Crippen molar-refractivity contribution in [3.05, 3.63) is 51.8 Å². The van der Waals surface area contributed by atoms with Gasteiger partial charge in [0.15, 0.2) is 4.80 Å². The predicted molar refractivity (Wildman–Crippen MR) is 120 cm³/mol. The summed E-state index contributed by atoms with van der Waals surface area (Å²) in [6.07, 6.45) is 0.158. The van der Waals surface area contributed by atoms with Crippen molar-refractivity contribution < 1.29 is 19.0 Å². The van der Waals surface area contributed by atoms with Crippen LogP contribution in [0.1, 0.15) is 23.6 Å². The number of aryl methyl sites for hydroxylation is 2. The molecule has 1 amide bonds. The van der Waals surface area contributed by atoms with Crippen molar-refractivity contribution in [3.8, 4) is 11.5 Å². The zero-order chi connectivity index (χ0) is 21.7. The molecule has 1 heterocycles. The van der Waals surface area contributed by atoms with Gasteiger partial charge in [-0.3, -0.25) is 4.79 Å². The number of hydrogen-bond acceptors (Lipinski definition) is 5. The van der Waals surface area contributed by atoms with Crippen molar-refractivity contribution in [3.63, 3.8) is 0 Å². The van der Waals surface area contributed by atoms with E-state index >= 15 is 0 Å². The Bertz CT molecular complexity index is 1110. The lowest BCUT2D eigenvalue weighted by atomic mass is 10.1. The molecule has 30 heavy (non-hydrogen) atoms. The first-order valence-electron chi connectivity index (χ1n) is 9.93. The molecule has 0 aliphatic rings. The third-order valence-corrected chi connectivity index (χ3v) is 6.06. The highest BCUT2D eigenvalue weighted by Gasteiger charge is 2.12. The van der Waals surface area contributed by atoms with Gasteiger partial charge in [0.2, 0.25) is 0 Å². The smallest absolute Gasteiger partial charge is 0.252 e. The number of rotatable bonds is 8. The Kier molecular flexibility index (Phi) is 7.29. The number of aromatic nitrogens is 1. The van der Waals surface area contributed by atoms with Crippen molar-refractivity contribution in [1.82, 2.24) is 4.57 Å². The van der Waals surface area contributed by atoms with Crippen LogP contribution in [0.15, 0.2) is 35.3 Å². The van der Waals surface area contributed by atoms with Gasteiger partial charge in [0.25, 0.3) is 5.91 Å². The van der Waals surface area contributed by atoms with Crippen LogP contribution in [0.2, 0.25) is 0 Å². The van der Waals surface area contributed by atoms with E-state index in [1.165, 1.54) is 22.5 Å². The highest BCUT2D eigenvalue weighted by molar-refractivity contribution is 7.16. The van der Waals surface area contributed by atoms with Gasteiger partial charge >= 0.3 is 0 Å². The number of hydrogen-bond donors (Lipinski definition) is 0. The van der Waals surface area contributed by atoms with Gasteiger partial charge in [-0.15, -0.1) is 0 Å². The predicted octanol–water partition coefficient (Wildman–Crippen LogP) is 4.04. The molecule has 0 aliphatic heterocycles. The molecule has 6 nitrogen and oxygen atoms in total. The summed E-state index contributed by atoms with van der Waals surface area (Å²) < 4.78 is 19.4. The summed E-state index contributed by atoms with van der Waals surface area (Å²) in [5.74, 6) is 1.08. The van der Waals surface area contributed by atoms with E-state index in [0.29, 0.717) is 36.1 Å². The first-order chi connectivity index (χ1) is 14.5. The summed E-state index contributed by atoms with van der Waals surface area (Å²) in [4.78, 5) is 17.9. The van der Waals surface area contributed by atoms with Crippen LogP contribution in [0.3, 0.4) is 0 Å². The van der Waals surface area contributed by atoms with Crippen LogP contribution in [0.4, 0.5) is 0 Å². The first kappa shape index (κ1) is 22.1. The normalized spacial score (nSPS) is 11.8. The minimum absolute atomic E-state index is 0.158. The Balaban J connectivity index is 1.98. The van der Waals surface area contributed by atoms with E-state index in [1.54, 1.807) is 20.3 Å². The average molecular weight is 429 g/mol. The van der Waals surface area contributed by atoms with Crippen LogP contribution in [-0.2, 0) is 22.5 Å². The number of benzene rings is 2. The van der Waals surface area contributed by atoms with Gasteiger partial charge in [-0.2, -0.15) is 4.99 Å². The number of methoxy groups -OCH3 is 2. The van der Waals surface area contributed by atoms with E-state index < -0.39 is 0 Å². The molecule has 0 fully saturated rings. The zero-order valence-electron chi connectivity index (χ0n) is 18.2. The molecule has 0 unspecified atom stereocenters. The average Bonchev–Trinajstić information content (AvgIpc) is 3.04. The molecular weight excluding hydrogens is 400 g/mol. The maximum atomic E-state index is 12.8. The van der Waals surface area contributed by atoms with Crippen molar-refractivity contribution >= 4 is 27.5 Å². The lowest BCUT2D eigenvalue weighted by molar-refractivity contribution is -0.117. The van der Waals surface area contributed by atoms with Crippen molar-refractivity contribution in [2.24, 2.45) is 4.99 Å². The minimum atomic E-state index is -0.219. The maximum absolute atomic E-state index is 12.8. The molecule has 3 aromatic rings. The molecular formula is C23H28N2O4S. The Hall–Kier alpha value is -2.64. The Morgan fingerprint density at radius 2 is 1.87 bits per heavy atom. The fraction of sp³-hybridized carbons (Fsp3) is 0.391. The number of carbonyl (C=O) groups is 1. The number of thiazole rings is 1. The number of ether oxygens (including phenoxy) is 3. The lowest BCUT2D eigenvalue weighted by Gasteiger charge is -2.09. The molecule has 0 bridgehead atoms. The van der Waals surface area contributed by atoms with Crippen LogP contribution < -0.4 is 14.3 Å². The molecule has 0 N–H and O–H groups in total. The molecule has 0 radical (unpaired) electrons. The van der Waals surface area contributed by atoms with Crippen LogP contribution in [0, 0.1) is 13.8 Å². The third kappa shape index (κ3) is 4.91. The van der Waals surface area contributed by atoms with E-state index in [1.807, 2.05) is 19.1 Å². The van der Waals surface area contributed by atoms with E-state index in [9.17, 15) is 4.79 Å². The highest BCUT2D eigenvalue weighted by Crippen LogP contribution is 2.25. The van der Waals surface area contributed by atoms with Crippen LogP contribution in [-0.4, -0.2) is 37.9 Å². The summed E-state index contributed by atoms with van der Waals surface area (Å²) in [5.41, 5.74) is 4.30. The van der Waals surface area contributed by atoms with Crippen molar-refractivity contribution in [2.45, 2.75) is 33.7 Å².